The van der Waals surface area contributed by atoms with Crippen LogP contribution in [0.3, 0.4) is 0 Å². The number of esters is 2. The van der Waals surface area contributed by atoms with Crippen LogP contribution in [0.2, 0.25) is 10.0 Å². The summed E-state index contributed by atoms with van der Waals surface area (Å²) in [5.41, 5.74) is 5.37. The van der Waals surface area contributed by atoms with E-state index < -0.39 is 54.5 Å². The molecule has 4 rings (SSSR count). The number of nitrogens with one attached hydrogen (secondary N) is 1. The monoisotopic (exact) mass is 977 g/mol. The molecule has 0 aromatic heterocycles. The van der Waals surface area contributed by atoms with Gasteiger partial charge < -0.3 is 39.6 Å². The highest BCUT2D eigenvalue weighted by Gasteiger charge is 2.25. The second-order valence-electron chi connectivity index (χ2n) is 15.9. The number of aliphatic carboxylic acids is 1. The van der Waals surface area contributed by atoms with Crippen LogP contribution in [0.25, 0.3) is 11.1 Å². The van der Waals surface area contributed by atoms with Gasteiger partial charge in [0.1, 0.15) is 11.2 Å². The van der Waals surface area contributed by atoms with Crippen molar-refractivity contribution in [2.75, 3.05) is 26.7 Å². The molecule has 19 heteroatoms. The Morgan fingerprint density at radius 1 is 0.730 bits per heavy atom. The first-order chi connectivity index (χ1) is 29.3. The Hall–Kier alpha value is -4.56. The topological polar surface area (TPSA) is 216 Å². The number of aliphatic hydroxyl groups excluding tert-OH is 2. The Bertz CT molecular complexity index is 2070. The Balaban J connectivity index is 0.000000360. The van der Waals surface area contributed by atoms with E-state index in [1.54, 1.807) is 64.6 Å². The minimum Gasteiger partial charge on any atom is -0.479 e. The molecule has 0 aliphatic rings. The lowest BCUT2D eigenvalue weighted by Gasteiger charge is -2.27. The van der Waals surface area contributed by atoms with Gasteiger partial charge in [0.2, 0.25) is 0 Å². The predicted molar refractivity (Wildman–Crippen MR) is 245 cm³/mol. The Morgan fingerprint density at radius 3 is 1.76 bits per heavy atom. The van der Waals surface area contributed by atoms with Crippen LogP contribution in [0, 0.1) is 0 Å². The summed E-state index contributed by atoms with van der Waals surface area (Å²) in [5.74, 6) is -2.59. The van der Waals surface area contributed by atoms with Crippen molar-refractivity contribution in [1.82, 2.24) is 15.3 Å². The van der Waals surface area contributed by atoms with Crippen molar-refractivity contribution in [3.63, 3.8) is 0 Å². The quantitative estimate of drug-likeness (QED) is 0.0358. The van der Waals surface area contributed by atoms with Crippen LogP contribution < -0.4 is 10.9 Å². The standard InChI is InChI=1S/C22H26ClNO5.C16H23BrN2O5.C6H6BClO2/c1-22(2,3)29-20(26)14-24(13-19(25)21(27)28)12-15-7-9-16(10-8-15)17-5-4-6-18(23)11-17;1-16(2,3)24-15(22)18-19(10-13(20)14(21)23-4)9-11-5-7-12(17)8-6-11;8-6-3-1-2-5(4-6)7(9)10/h4-11,19,25H,12-14H2,1-3H3,(H,27,28);5-8,13,20H,9-10H2,1-4H3,(H,18,22);1-4,9-10H/t19-;13-;/m11./s1. The fraction of sp³-hybridized carbons (Fsp3) is 0.364. The zero-order chi connectivity index (χ0) is 47.5. The molecule has 0 aliphatic carbocycles. The molecular weight excluding hydrogens is 924 g/mol. The molecule has 0 radical (unpaired) electrons. The van der Waals surface area contributed by atoms with Crippen molar-refractivity contribution >= 4 is 75.7 Å². The highest BCUT2D eigenvalue weighted by atomic mass is 79.9. The zero-order valence-electron chi connectivity index (χ0n) is 36.1. The molecule has 1 amide bonds. The number of carbonyl (C=O) groups is 4. The summed E-state index contributed by atoms with van der Waals surface area (Å²) in [6.45, 7) is 10.6. The number of aliphatic hydroxyl groups is 2. The number of carboxylic acid groups (broad SMARTS) is 1. The summed E-state index contributed by atoms with van der Waals surface area (Å²) in [7, 11) is -0.245. The molecule has 0 fully saturated rings. The number of methoxy groups -OCH3 is 1. The van der Waals surface area contributed by atoms with E-state index in [2.05, 4.69) is 26.1 Å². The zero-order valence-corrected chi connectivity index (χ0v) is 39.2. The second kappa shape index (κ2) is 26.3. The number of benzene rings is 4. The molecule has 0 saturated heterocycles. The van der Waals surface area contributed by atoms with Crippen molar-refractivity contribution in [2.45, 2.75) is 78.0 Å². The minimum atomic E-state index is -1.59. The average molecular weight is 980 g/mol. The van der Waals surface area contributed by atoms with Gasteiger partial charge in [0.15, 0.2) is 12.2 Å². The maximum Gasteiger partial charge on any atom is 0.488 e. The minimum absolute atomic E-state index is 0.127. The third-order valence-corrected chi connectivity index (χ3v) is 8.95. The normalized spacial score (nSPS) is 12.1. The number of hydrazine groups is 1. The van der Waals surface area contributed by atoms with Crippen molar-refractivity contribution in [3.05, 3.63) is 123 Å². The summed E-state index contributed by atoms with van der Waals surface area (Å²) < 4.78 is 15.9. The number of halogens is 3. The number of carbonyl (C=O) groups excluding carboxylic acids is 3. The number of amides is 1. The Kier molecular flexibility index (Phi) is 22.8. The van der Waals surface area contributed by atoms with Gasteiger partial charge in [-0.2, -0.15) is 0 Å². The summed E-state index contributed by atoms with van der Waals surface area (Å²) in [6, 6.07) is 29.0. The number of hydrogen-bond acceptors (Lipinski definition) is 13. The largest absolute Gasteiger partial charge is 0.488 e. The molecule has 0 unspecified atom stereocenters. The third-order valence-electron chi connectivity index (χ3n) is 7.96. The number of ether oxygens (including phenoxy) is 3. The lowest BCUT2D eigenvalue weighted by molar-refractivity contribution is -0.158. The molecule has 6 N–H and O–H groups in total. The molecule has 4 aromatic carbocycles. The van der Waals surface area contributed by atoms with Crippen molar-refractivity contribution < 1.29 is 58.8 Å². The molecular formula is C44H55BBrCl2N3O12. The van der Waals surface area contributed by atoms with Crippen LogP contribution in [0.15, 0.2) is 102 Å². The van der Waals surface area contributed by atoms with Crippen LogP contribution in [0.1, 0.15) is 52.7 Å². The van der Waals surface area contributed by atoms with Crippen LogP contribution in [-0.4, -0.2) is 117 Å². The van der Waals surface area contributed by atoms with E-state index in [-0.39, 0.29) is 26.2 Å². The first-order valence-corrected chi connectivity index (χ1v) is 21.0. The van der Waals surface area contributed by atoms with E-state index in [1.807, 2.05) is 72.8 Å². The molecule has 0 heterocycles. The van der Waals surface area contributed by atoms with E-state index in [0.29, 0.717) is 22.1 Å². The van der Waals surface area contributed by atoms with Crippen LogP contribution >= 0.6 is 39.1 Å². The van der Waals surface area contributed by atoms with Gasteiger partial charge in [0, 0.05) is 34.2 Å². The molecule has 0 saturated carbocycles. The number of hydrogen-bond donors (Lipinski definition) is 6. The van der Waals surface area contributed by atoms with Gasteiger partial charge >= 0.3 is 31.1 Å². The fourth-order valence-corrected chi connectivity index (χ4v) is 5.92. The van der Waals surface area contributed by atoms with Gasteiger partial charge in [-0.1, -0.05) is 99.8 Å². The van der Waals surface area contributed by atoms with Gasteiger partial charge in [-0.25, -0.2) is 19.4 Å². The van der Waals surface area contributed by atoms with Gasteiger partial charge in [0.25, 0.3) is 0 Å². The second-order valence-corrected chi connectivity index (χ2v) is 17.7. The molecule has 15 nitrogen and oxygen atoms in total. The predicted octanol–water partition coefficient (Wildman–Crippen LogP) is 5.84. The lowest BCUT2D eigenvalue weighted by atomic mass is 9.81. The average Bonchev–Trinajstić information content (AvgIpc) is 3.17. The first-order valence-electron chi connectivity index (χ1n) is 19.4. The number of carboxylic acids is 1. The van der Waals surface area contributed by atoms with Crippen LogP contribution in [-0.2, 0) is 41.7 Å². The number of nitrogens with zero attached hydrogens (tertiary/aromatic N) is 2. The van der Waals surface area contributed by atoms with E-state index in [0.717, 1.165) is 26.7 Å². The fourth-order valence-electron chi connectivity index (χ4n) is 5.27. The van der Waals surface area contributed by atoms with Crippen molar-refractivity contribution in [2.24, 2.45) is 0 Å². The third kappa shape index (κ3) is 23.1. The molecule has 0 spiro atoms. The van der Waals surface area contributed by atoms with Crippen LogP contribution in [0.4, 0.5) is 4.79 Å². The molecule has 0 bridgehead atoms. The highest BCUT2D eigenvalue weighted by Crippen LogP contribution is 2.23. The van der Waals surface area contributed by atoms with E-state index in [4.69, 9.17) is 47.8 Å². The first kappa shape index (κ1) is 54.6. The summed E-state index contributed by atoms with van der Waals surface area (Å²) in [6.07, 6.45) is -3.65. The van der Waals surface area contributed by atoms with Gasteiger partial charge in [-0.05, 0) is 106 Å². The van der Waals surface area contributed by atoms with Crippen LogP contribution in [0.5, 0.6) is 0 Å². The van der Waals surface area contributed by atoms with Crippen molar-refractivity contribution in [3.8, 4) is 11.1 Å². The van der Waals surface area contributed by atoms with Gasteiger partial charge in [-0.15, -0.1) is 0 Å². The smallest absolute Gasteiger partial charge is 0.479 e. The summed E-state index contributed by atoms with van der Waals surface area (Å²) in [5, 5.41) is 48.4. The van der Waals surface area contributed by atoms with Gasteiger partial charge in [0.05, 0.1) is 20.2 Å². The van der Waals surface area contributed by atoms with Gasteiger partial charge in [-0.3, -0.25) is 15.1 Å². The maximum absolute atomic E-state index is 12.2. The highest BCUT2D eigenvalue weighted by molar-refractivity contribution is 9.10. The maximum atomic E-state index is 12.2. The van der Waals surface area contributed by atoms with E-state index in [1.165, 1.54) is 18.2 Å². The summed E-state index contributed by atoms with van der Waals surface area (Å²) >= 11 is 15.0. The lowest BCUT2D eigenvalue weighted by Crippen LogP contribution is -2.48. The van der Waals surface area contributed by atoms with E-state index in [9.17, 15) is 29.4 Å². The molecule has 0 aliphatic heterocycles. The van der Waals surface area contributed by atoms with E-state index >= 15 is 0 Å². The molecule has 342 valence electrons. The Morgan fingerprint density at radius 2 is 1.27 bits per heavy atom. The van der Waals surface area contributed by atoms with Crippen molar-refractivity contribution in [1.29, 1.82) is 0 Å². The SMILES string of the molecule is CC(C)(C)OC(=O)CN(Cc1ccc(-c2cccc(Cl)c2)cc1)C[C@@H](O)C(=O)O.COC(=O)[C@H](O)CN(Cc1ccc(Br)cc1)NC(=O)OC(C)(C)C.OB(O)c1cccc(Cl)c1. The number of rotatable bonds is 15. The molecule has 2 atom stereocenters. The molecule has 63 heavy (non-hydrogen) atoms. The Labute approximate surface area is 386 Å². The molecule has 4 aromatic rings. The summed E-state index contributed by atoms with van der Waals surface area (Å²) in [4.78, 5) is 48.1.